The first-order valence-electron chi connectivity index (χ1n) is 6.61. The Morgan fingerprint density at radius 2 is 2.11 bits per heavy atom. The number of morpholine rings is 1. The van der Waals surface area contributed by atoms with E-state index in [-0.39, 0.29) is 36.0 Å². The van der Waals surface area contributed by atoms with Gasteiger partial charge in [-0.3, -0.25) is 9.59 Å². The van der Waals surface area contributed by atoms with Crippen molar-refractivity contribution < 1.29 is 14.3 Å². The van der Waals surface area contributed by atoms with Crippen LogP contribution < -0.4 is 5.32 Å². The van der Waals surface area contributed by atoms with Crippen molar-refractivity contribution in [1.29, 1.82) is 0 Å². The normalized spacial score (nSPS) is 29.8. The number of nitrogens with one attached hydrogen (secondary N) is 1. The number of nitrogens with zero attached hydrogens (tertiary/aromatic N) is 1. The number of rotatable bonds is 2. The van der Waals surface area contributed by atoms with Gasteiger partial charge in [-0.1, -0.05) is 0 Å². The zero-order chi connectivity index (χ0) is 13.3. The van der Waals surface area contributed by atoms with Crippen molar-refractivity contribution >= 4 is 11.8 Å². The molecule has 5 heteroatoms. The highest BCUT2D eigenvalue weighted by atomic mass is 16.5. The van der Waals surface area contributed by atoms with Crippen LogP contribution in [0.15, 0.2) is 0 Å². The molecule has 2 rings (SSSR count). The van der Waals surface area contributed by atoms with Gasteiger partial charge in [-0.25, -0.2) is 0 Å². The molecule has 0 bridgehead atoms. The van der Waals surface area contributed by atoms with Crippen molar-refractivity contribution in [3.8, 4) is 0 Å². The minimum Gasteiger partial charge on any atom is -0.368 e. The molecular formula is C13H22N2O3. The van der Waals surface area contributed by atoms with E-state index in [0.717, 1.165) is 19.3 Å². The molecular weight excluding hydrogens is 232 g/mol. The lowest BCUT2D eigenvalue weighted by atomic mass is 10.0. The highest BCUT2D eigenvalue weighted by molar-refractivity contribution is 5.97. The number of ether oxygens (including phenoxy) is 1. The summed E-state index contributed by atoms with van der Waals surface area (Å²) in [6, 6.07) is 0.162. The Bertz CT molecular complexity index is 354. The predicted octanol–water partition coefficient (Wildman–Crippen LogP) is 0.681. The van der Waals surface area contributed by atoms with E-state index in [4.69, 9.17) is 4.74 Å². The summed E-state index contributed by atoms with van der Waals surface area (Å²) in [6.45, 7) is 4.58. The Balaban J connectivity index is 2.09. The molecule has 1 saturated carbocycles. The molecule has 2 amide bonds. The fraction of sp³-hybridized carbons (Fsp3) is 0.846. The van der Waals surface area contributed by atoms with Crippen molar-refractivity contribution in [1.82, 2.24) is 10.2 Å². The molecule has 2 aliphatic rings. The third-order valence-corrected chi connectivity index (χ3v) is 3.75. The zero-order valence-corrected chi connectivity index (χ0v) is 11.4. The summed E-state index contributed by atoms with van der Waals surface area (Å²) in [7, 11) is 1.55. The summed E-state index contributed by atoms with van der Waals surface area (Å²) >= 11 is 0. The number of amides is 2. The molecule has 0 aromatic heterocycles. The molecule has 2 atom stereocenters. The van der Waals surface area contributed by atoms with Gasteiger partial charge >= 0.3 is 0 Å². The Morgan fingerprint density at radius 3 is 2.78 bits per heavy atom. The molecule has 102 valence electrons. The Morgan fingerprint density at radius 1 is 1.39 bits per heavy atom. The monoisotopic (exact) mass is 254 g/mol. The molecule has 2 fully saturated rings. The first-order chi connectivity index (χ1) is 8.43. The van der Waals surface area contributed by atoms with Crippen molar-refractivity contribution in [3.05, 3.63) is 0 Å². The summed E-state index contributed by atoms with van der Waals surface area (Å²) in [5, 5.41) is 2.50. The average molecular weight is 254 g/mol. The minimum absolute atomic E-state index is 0.0597. The second-order valence-corrected chi connectivity index (χ2v) is 5.79. The van der Waals surface area contributed by atoms with Crippen LogP contribution in [0.2, 0.25) is 0 Å². The summed E-state index contributed by atoms with van der Waals surface area (Å²) in [4.78, 5) is 25.4. The molecule has 1 N–H and O–H groups in total. The Labute approximate surface area is 108 Å². The first kappa shape index (κ1) is 13.3. The highest BCUT2D eigenvalue weighted by Gasteiger charge is 2.45. The SMILES string of the molecule is CNC(=O)CC(=O)N1CC(C)(C)O[C@@H]2CCC[C@H]21. The lowest BCUT2D eigenvalue weighted by molar-refractivity contribution is -0.172. The second kappa shape index (κ2) is 4.88. The summed E-state index contributed by atoms with van der Waals surface area (Å²) in [5.74, 6) is -0.304. The number of hydrogen-bond acceptors (Lipinski definition) is 3. The third-order valence-electron chi connectivity index (χ3n) is 3.75. The van der Waals surface area contributed by atoms with Crippen LogP contribution in [0.3, 0.4) is 0 Å². The van der Waals surface area contributed by atoms with Crippen LogP contribution in [0.4, 0.5) is 0 Å². The molecule has 1 heterocycles. The van der Waals surface area contributed by atoms with E-state index in [1.807, 2.05) is 18.7 Å². The number of carbonyl (C=O) groups excluding carboxylic acids is 2. The van der Waals surface area contributed by atoms with Gasteiger partial charge in [0.05, 0.1) is 17.7 Å². The molecule has 1 aliphatic carbocycles. The van der Waals surface area contributed by atoms with Gasteiger partial charge < -0.3 is 15.0 Å². The average Bonchev–Trinajstić information content (AvgIpc) is 2.73. The maximum Gasteiger partial charge on any atom is 0.232 e. The van der Waals surface area contributed by atoms with E-state index in [9.17, 15) is 9.59 Å². The van der Waals surface area contributed by atoms with Gasteiger partial charge in [-0.2, -0.15) is 0 Å². The van der Waals surface area contributed by atoms with Crippen molar-refractivity contribution in [3.63, 3.8) is 0 Å². The summed E-state index contributed by atoms with van der Waals surface area (Å²) in [5.41, 5.74) is -0.316. The molecule has 0 unspecified atom stereocenters. The molecule has 1 saturated heterocycles. The van der Waals surface area contributed by atoms with Crippen LogP contribution in [0, 0.1) is 0 Å². The fourth-order valence-electron chi connectivity index (χ4n) is 2.98. The molecule has 0 spiro atoms. The van der Waals surface area contributed by atoms with Gasteiger partial charge in [0, 0.05) is 13.6 Å². The van der Waals surface area contributed by atoms with Crippen LogP contribution in [0.25, 0.3) is 0 Å². The largest absolute Gasteiger partial charge is 0.368 e. The standard InChI is InChI=1S/C13H22N2O3/c1-13(2)8-15(12(17)7-11(16)14-3)9-5-4-6-10(9)18-13/h9-10H,4-8H2,1-3H3,(H,14,16)/t9-,10-/m1/s1. The Hall–Kier alpha value is -1.10. The molecule has 0 radical (unpaired) electrons. The molecule has 5 nitrogen and oxygen atoms in total. The summed E-state index contributed by atoms with van der Waals surface area (Å²) in [6.07, 6.45) is 3.17. The van der Waals surface area contributed by atoms with Crippen LogP contribution in [-0.2, 0) is 14.3 Å². The molecule has 0 aromatic rings. The number of hydrogen-bond donors (Lipinski definition) is 1. The Kier molecular flexibility index (Phi) is 3.61. The lowest BCUT2D eigenvalue weighted by Gasteiger charge is -2.46. The van der Waals surface area contributed by atoms with Gasteiger partial charge in [0.15, 0.2) is 0 Å². The van der Waals surface area contributed by atoms with Gasteiger partial charge in [0.25, 0.3) is 0 Å². The van der Waals surface area contributed by atoms with E-state index in [0.29, 0.717) is 6.54 Å². The van der Waals surface area contributed by atoms with Gasteiger partial charge in [0.1, 0.15) is 6.42 Å². The van der Waals surface area contributed by atoms with E-state index < -0.39 is 0 Å². The highest BCUT2D eigenvalue weighted by Crippen LogP contribution is 2.35. The lowest BCUT2D eigenvalue weighted by Crippen LogP contribution is -2.59. The van der Waals surface area contributed by atoms with E-state index in [1.165, 1.54) is 0 Å². The smallest absolute Gasteiger partial charge is 0.232 e. The van der Waals surface area contributed by atoms with Crippen LogP contribution in [-0.4, -0.2) is 48.1 Å². The quantitative estimate of drug-likeness (QED) is 0.737. The van der Waals surface area contributed by atoms with Crippen molar-refractivity contribution in [2.45, 2.75) is 57.3 Å². The van der Waals surface area contributed by atoms with Crippen molar-refractivity contribution in [2.24, 2.45) is 0 Å². The fourth-order valence-corrected chi connectivity index (χ4v) is 2.98. The van der Waals surface area contributed by atoms with Gasteiger partial charge in [0.2, 0.25) is 11.8 Å². The second-order valence-electron chi connectivity index (χ2n) is 5.79. The van der Waals surface area contributed by atoms with Gasteiger partial charge in [-0.15, -0.1) is 0 Å². The molecule has 18 heavy (non-hydrogen) atoms. The molecule has 0 aromatic carbocycles. The topological polar surface area (TPSA) is 58.6 Å². The van der Waals surface area contributed by atoms with Crippen LogP contribution >= 0.6 is 0 Å². The number of fused-ring (bicyclic) bond motifs is 1. The zero-order valence-electron chi connectivity index (χ0n) is 11.4. The van der Waals surface area contributed by atoms with Crippen LogP contribution in [0.5, 0.6) is 0 Å². The first-order valence-corrected chi connectivity index (χ1v) is 6.61. The van der Waals surface area contributed by atoms with E-state index in [1.54, 1.807) is 7.05 Å². The van der Waals surface area contributed by atoms with Gasteiger partial charge in [-0.05, 0) is 33.1 Å². The number of carbonyl (C=O) groups is 2. The third kappa shape index (κ3) is 2.66. The van der Waals surface area contributed by atoms with E-state index in [2.05, 4.69) is 5.32 Å². The predicted molar refractivity (Wildman–Crippen MR) is 67.0 cm³/mol. The van der Waals surface area contributed by atoms with Crippen molar-refractivity contribution in [2.75, 3.05) is 13.6 Å². The maximum absolute atomic E-state index is 12.2. The van der Waals surface area contributed by atoms with E-state index >= 15 is 0 Å². The summed E-state index contributed by atoms with van der Waals surface area (Å²) < 4.78 is 6.01. The minimum atomic E-state index is -0.316. The van der Waals surface area contributed by atoms with Crippen LogP contribution in [0.1, 0.15) is 39.5 Å². The molecule has 1 aliphatic heterocycles. The maximum atomic E-state index is 12.2.